The molecule has 2 heteroatoms. The van der Waals surface area contributed by atoms with Crippen molar-refractivity contribution in [2.24, 2.45) is 0 Å². The van der Waals surface area contributed by atoms with E-state index in [0.29, 0.717) is 6.54 Å². The molecular weight excluding hydrogens is 258 g/mol. The summed E-state index contributed by atoms with van der Waals surface area (Å²) in [6.45, 7) is 2.48. The Morgan fingerprint density at radius 3 is 2.62 bits per heavy atom. The Hall–Kier alpha value is -2.40. The van der Waals surface area contributed by atoms with E-state index >= 15 is 0 Å². The number of pyridine rings is 1. The number of unbranched alkanes of at least 4 members (excludes halogenated alkanes) is 2. The minimum Gasteiger partial charge on any atom is -0.287 e. The minimum absolute atomic E-state index is 0.100. The van der Waals surface area contributed by atoms with Crippen LogP contribution in [0.1, 0.15) is 42.2 Å². The van der Waals surface area contributed by atoms with Crippen molar-refractivity contribution in [1.82, 2.24) is 0 Å². The van der Waals surface area contributed by atoms with Gasteiger partial charge in [0.25, 0.3) is 5.69 Å². The van der Waals surface area contributed by atoms with E-state index < -0.39 is 0 Å². The predicted octanol–water partition coefficient (Wildman–Crippen LogP) is 3.40. The van der Waals surface area contributed by atoms with Crippen molar-refractivity contribution in [3.05, 3.63) is 66.0 Å². The van der Waals surface area contributed by atoms with Crippen molar-refractivity contribution in [3.63, 3.8) is 0 Å². The van der Waals surface area contributed by atoms with Crippen LogP contribution >= 0.6 is 0 Å². The van der Waals surface area contributed by atoms with E-state index in [0.717, 1.165) is 30.5 Å². The standard InChI is InChI=1S/C19H20NO/c1-2-3-4-8-13-18-14-9-10-15-20(18)16-19(21)17-11-6-5-7-12-17/h5-7,9-12,14-15H,2-4,16H2,1H3/q+1. The fourth-order valence-corrected chi connectivity index (χ4v) is 2.02. The van der Waals surface area contributed by atoms with Gasteiger partial charge in [-0.3, -0.25) is 4.79 Å². The molecule has 0 aliphatic heterocycles. The summed E-state index contributed by atoms with van der Waals surface area (Å²) in [6.07, 6.45) is 5.07. The molecule has 0 aliphatic carbocycles. The second-order valence-corrected chi connectivity index (χ2v) is 4.91. The molecule has 1 aromatic carbocycles. The summed E-state index contributed by atoms with van der Waals surface area (Å²) in [5, 5.41) is 0. The van der Waals surface area contributed by atoms with Crippen molar-refractivity contribution in [2.75, 3.05) is 0 Å². The van der Waals surface area contributed by atoms with Gasteiger partial charge < -0.3 is 0 Å². The second kappa shape index (κ2) is 8.01. The molecule has 0 unspecified atom stereocenters. The number of rotatable bonds is 5. The van der Waals surface area contributed by atoms with Gasteiger partial charge >= 0.3 is 0 Å². The summed E-state index contributed by atoms with van der Waals surface area (Å²) in [6, 6.07) is 15.2. The summed E-state index contributed by atoms with van der Waals surface area (Å²) >= 11 is 0. The van der Waals surface area contributed by atoms with Crippen LogP contribution in [0.2, 0.25) is 0 Å². The lowest BCUT2D eigenvalue weighted by atomic mass is 10.1. The third kappa shape index (κ3) is 4.57. The summed E-state index contributed by atoms with van der Waals surface area (Å²) in [5.74, 6) is 6.44. The number of Topliss-reactive ketones (excluding diaryl/α,β-unsaturated/α-hetero) is 1. The molecule has 0 atom stereocenters. The van der Waals surface area contributed by atoms with Gasteiger partial charge in [-0.25, -0.2) is 0 Å². The molecule has 0 radical (unpaired) electrons. The molecule has 1 aromatic heterocycles. The van der Waals surface area contributed by atoms with Crippen LogP contribution in [0, 0.1) is 11.8 Å². The first-order valence-corrected chi connectivity index (χ1v) is 7.37. The molecule has 0 N–H and O–H groups in total. The Kier molecular flexibility index (Phi) is 5.72. The van der Waals surface area contributed by atoms with E-state index in [1.165, 1.54) is 0 Å². The number of carbonyl (C=O) groups excluding carboxylic acids is 1. The zero-order valence-electron chi connectivity index (χ0n) is 12.4. The lowest BCUT2D eigenvalue weighted by molar-refractivity contribution is -0.685. The van der Waals surface area contributed by atoms with Gasteiger partial charge in [0.2, 0.25) is 12.3 Å². The number of aromatic nitrogens is 1. The highest BCUT2D eigenvalue weighted by Crippen LogP contribution is 2.00. The van der Waals surface area contributed by atoms with Crippen LogP contribution in [-0.2, 0) is 6.54 Å². The fourth-order valence-electron chi connectivity index (χ4n) is 2.02. The maximum atomic E-state index is 12.3. The zero-order chi connectivity index (χ0) is 14.9. The van der Waals surface area contributed by atoms with Gasteiger partial charge in [0.05, 0.1) is 0 Å². The third-order valence-electron chi connectivity index (χ3n) is 3.22. The molecule has 0 amide bonds. The van der Waals surface area contributed by atoms with Crippen LogP contribution in [0.3, 0.4) is 0 Å². The molecule has 2 nitrogen and oxygen atoms in total. The van der Waals surface area contributed by atoms with E-state index in [4.69, 9.17) is 0 Å². The second-order valence-electron chi connectivity index (χ2n) is 4.91. The van der Waals surface area contributed by atoms with Gasteiger partial charge in [-0.05, 0) is 12.5 Å². The first kappa shape index (κ1) is 15.0. The van der Waals surface area contributed by atoms with Gasteiger partial charge in [-0.1, -0.05) is 49.6 Å². The van der Waals surface area contributed by atoms with Crippen LogP contribution in [0.25, 0.3) is 0 Å². The summed E-state index contributed by atoms with van der Waals surface area (Å²) in [7, 11) is 0. The van der Waals surface area contributed by atoms with E-state index in [1.54, 1.807) is 0 Å². The Morgan fingerprint density at radius 1 is 1.10 bits per heavy atom. The largest absolute Gasteiger partial charge is 0.287 e. The molecule has 1 heterocycles. The average molecular weight is 278 g/mol. The van der Waals surface area contributed by atoms with Crippen LogP contribution in [0.15, 0.2) is 54.7 Å². The Bertz CT molecular complexity index is 650. The van der Waals surface area contributed by atoms with Gasteiger partial charge in [-0.2, -0.15) is 4.57 Å². The molecular formula is C19H20NO+. The molecule has 21 heavy (non-hydrogen) atoms. The van der Waals surface area contributed by atoms with Crippen LogP contribution in [0.4, 0.5) is 0 Å². The van der Waals surface area contributed by atoms with Gasteiger partial charge in [-0.15, -0.1) is 0 Å². The molecule has 0 aliphatic rings. The van der Waals surface area contributed by atoms with Crippen LogP contribution in [0.5, 0.6) is 0 Å². The molecule has 106 valence electrons. The van der Waals surface area contributed by atoms with Gasteiger partial charge in [0.15, 0.2) is 6.20 Å². The highest BCUT2D eigenvalue weighted by molar-refractivity contribution is 5.94. The molecule has 2 aromatic rings. The summed E-state index contributed by atoms with van der Waals surface area (Å²) in [4.78, 5) is 12.3. The highest BCUT2D eigenvalue weighted by Gasteiger charge is 2.14. The topological polar surface area (TPSA) is 20.9 Å². The minimum atomic E-state index is 0.100. The van der Waals surface area contributed by atoms with Crippen molar-refractivity contribution in [2.45, 2.75) is 32.7 Å². The number of nitrogens with zero attached hydrogens (tertiary/aromatic N) is 1. The molecule has 0 saturated carbocycles. The average Bonchev–Trinajstić information content (AvgIpc) is 2.54. The lowest BCUT2D eigenvalue weighted by Gasteiger charge is -1.99. The molecule has 2 rings (SSSR count). The Morgan fingerprint density at radius 2 is 1.86 bits per heavy atom. The maximum absolute atomic E-state index is 12.3. The maximum Gasteiger partial charge on any atom is 0.257 e. The number of hydrogen-bond acceptors (Lipinski definition) is 1. The number of benzene rings is 1. The lowest BCUT2D eigenvalue weighted by Crippen LogP contribution is -2.40. The molecule has 0 bridgehead atoms. The highest BCUT2D eigenvalue weighted by atomic mass is 16.1. The van der Waals surface area contributed by atoms with Crippen LogP contribution < -0.4 is 4.57 Å². The molecule has 0 saturated heterocycles. The predicted molar refractivity (Wildman–Crippen MR) is 83.8 cm³/mol. The smallest absolute Gasteiger partial charge is 0.257 e. The SMILES string of the molecule is CCCCC#Cc1cccc[n+]1CC(=O)c1ccccc1. The van der Waals surface area contributed by atoms with Crippen LogP contribution in [-0.4, -0.2) is 5.78 Å². The van der Waals surface area contributed by atoms with Gasteiger partial charge in [0, 0.05) is 30.0 Å². The van der Waals surface area contributed by atoms with Crippen molar-refractivity contribution in [3.8, 4) is 11.8 Å². The van der Waals surface area contributed by atoms with Crippen molar-refractivity contribution in [1.29, 1.82) is 0 Å². The number of ketones is 1. The number of carbonyl (C=O) groups is 1. The normalized spacial score (nSPS) is 9.76. The summed E-state index contributed by atoms with van der Waals surface area (Å²) < 4.78 is 1.91. The monoisotopic (exact) mass is 278 g/mol. The number of hydrogen-bond donors (Lipinski definition) is 0. The first-order valence-electron chi connectivity index (χ1n) is 7.37. The first-order chi connectivity index (χ1) is 10.3. The molecule has 0 spiro atoms. The van der Waals surface area contributed by atoms with Gasteiger partial charge in [0.1, 0.15) is 0 Å². The Balaban J connectivity index is 2.13. The molecule has 0 fully saturated rings. The van der Waals surface area contributed by atoms with E-state index in [-0.39, 0.29) is 5.78 Å². The van der Waals surface area contributed by atoms with Crippen molar-refractivity contribution >= 4 is 5.78 Å². The third-order valence-corrected chi connectivity index (χ3v) is 3.22. The van der Waals surface area contributed by atoms with E-state index in [9.17, 15) is 4.79 Å². The zero-order valence-corrected chi connectivity index (χ0v) is 12.4. The summed E-state index contributed by atoms with van der Waals surface area (Å²) in [5.41, 5.74) is 1.62. The fraction of sp³-hybridized carbons (Fsp3) is 0.263. The quantitative estimate of drug-likeness (QED) is 0.355. The van der Waals surface area contributed by atoms with E-state index in [1.807, 2.05) is 59.3 Å². The van der Waals surface area contributed by atoms with Crippen molar-refractivity contribution < 1.29 is 9.36 Å². The Labute approximate surface area is 126 Å². The van der Waals surface area contributed by atoms with E-state index in [2.05, 4.69) is 18.8 Å².